The molecule has 1 unspecified atom stereocenters. The Morgan fingerprint density at radius 1 is 1.10 bits per heavy atom. The highest BCUT2D eigenvalue weighted by molar-refractivity contribution is 5.94. The SMILES string of the molecule is Cc1cc(C(F)F)nn1CC(=O)N1CCc2cc3ccc2C1c1cccc(c1)OCCCNC(=O)c1cncc(c1)O3. The molecule has 2 aromatic heterocycles. The van der Waals surface area contributed by atoms with Crippen molar-refractivity contribution in [2.24, 2.45) is 0 Å². The van der Waals surface area contributed by atoms with Gasteiger partial charge in [0.25, 0.3) is 12.3 Å². The number of alkyl halides is 2. The third-order valence-corrected chi connectivity index (χ3v) is 7.43. The number of carbonyl (C=O) groups excluding carboxylic acids is 2. The van der Waals surface area contributed by atoms with Crippen LogP contribution in [0.3, 0.4) is 0 Å². The summed E-state index contributed by atoms with van der Waals surface area (Å²) in [5.74, 6) is 1.17. The van der Waals surface area contributed by atoms with Gasteiger partial charge in [0.15, 0.2) is 0 Å². The highest BCUT2D eigenvalue weighted by atomic mass is 19.3. The van der Waals surface area contributed by atoms with Gasteiger partial charge in [-0.2, -0.15) is 5.10 Å². The number of pyridine rings is 1. The average Bonchev–Trinajstić information content (AvgIpc) is 3.36. The van der Waals surface area contributed by atoms with Crippen molar-refractivity contribution in [3.8, 4) is 17.2 Å². The zero-order valence-electron chi connectivity index (χ0n) is 22.9. The first-order chi connectivity index (χ1) is 20.4. The van der Waals surface area contributed by atoms with Gasteiger partial charge in [0, 0.05) is 25.0 Å². The number of fused-ring (bicyclic) bond motifs is 6. The second-order valence-corrected chi connectivity index (χ2v) is 10.3. The van der Waals surface area contributed by atoms with Gasteiger partial charge in [0.05, 0.1) is 24.4 Å². The lowest BCUT2D eigenvalue weighted by atomic mass is 9.87. The Balaban J connectivity index is 1.37. The zero-order chi connectivity index (χ0) is 29.2. The molecule has 0 saturated carbocycles. The average molecular weight is 574 g/mol. The Bertz CT molecular complexity index is 1640. The Morgan fingerprint density at radius 3 is 2.81 bits per heavy atom. The Kier molecular flexibility index (Phi) is 7.56. The molecule has 5 heterocycles. The van der Waals surface area contributed by atoms with Gasteiger partial charge in [-0.05, 0) is 72.9 Å². The van der Waals surface area contributed by atoms with Crippen LogP contribution in [0.5, 0.6) is 17.2 Å². The molecule has 1 atom stereocenters. The van der Waals surface area contributed by atoms with Gasteiger partial charge in [0.2, 0.25) is 5.91 Å². The summed E-state index contributed by atoms with van der Waals surface area (Å²) in [5, 5.41) is 6.83. The molecule has 0 radical (unpaired) electrons. The van der Waals surface area contributed by atoms with Gasteiger partial charge in [0.1, 0.15) is 29.5 Å². The normalized spacial score (nSPS) is 16.7. The summed E-state index contributed by atoms with van der Waals surface area (Å²) in [6, 6.07) is 15.8. The molecule has 9 nitrogen and oxygen atoms in total. The van der Waals surface area contributed by atoms with Crippen LogP contribution >= 0.6 is 0 Å². The zero-order valence-corrected chi connectivity index (χ0v) is 22.9. The third-order valence-electron chi connectivity index (χ3n) is 7.43. The monoisotopic (exact) mass is 573 g/mol. The molecule has 2 aromatic carbocycles. The second-order valence-electron chi connectivity index (χ2n) is 10.3. The van der Waals surface area contributed by atoms with Crippen molar-refractivity contribution in [2.75, 3.05) is 19.7 Å². The summed E-state index contributed by atoms with van der Waals surface area (Å²) in [4.78, 5) is 32.3. The number of rotatable bonds is 3. The minimum atomic E-state index is -2.71. The Morgan fingerprint density at radius 2 is 1.98 bits per heavy atom. The van der Waals surface area contributed by atoms with Crippen molar-refractivity contribution in [3.05, 3.63) is 101 Å². The maximum atomic E-state index is 13.7. The molecular formula is C31H29F2N5O4. The van der Waals surface area contributed by atoms with Gasteiger partial charge in [-0.15, -0.1) is 0 Å². The predicted molar refractivity (Wildman–Crippen MR) is 149 cm³/mol. The molecule has 7 rings (SSSR count). The van der Waals surface area contributed by atoms with E-state index in [2.05, 4.69) is 15.4 Å². The molecule has 216 valence electrons. The first kappa shape index (κ1) is 27.4. The van der Waals surface area contributed by atoms with E-state index in [1.165, 1.54) is 16.9 Å². The van der Waals surface area contributed by atoms with E-state index >= 15 is 0 Å². The molecule has 0 spiro atoms. The van der Waals surface area contributed by atoms with E-state index in [4.69, 9.17) is 9.47 Å². The van der Waals surface area contributed by atoms with Crippen molar-refractivity contribution in [1.82, 2.24) is 25.0 Å². The summed E-state index contributed by atoms with van der Waals surface area (Å²) in [6.07, 6.45) is 1.48. The standard InChI is InChI=1S/C31H29F2N5O4/c1-19-12-27(30(32)33)36-38(19)18-28(39)37-10-8-20-13-24-6-7-26(20)29(37)21-4-2-5-23(14-21)41-11-3-9-35-31(40)22-15-25(42-24)17-34-16-22/h2,4-7,12-17,29-30H,3,8-11,18H2,1H3,(H,35,40). The summed E-state index contributed by atoms with van der Waals surface area (Å²) in [5.41, 5.74) is 3.32. The van der Waals surface area contributed by atoms with Crippen molar-refractivity contribution in [2.45, 2.75) is 38.8 Å². The number of halogens is 2. The van der Waals surface area contributed by atoms with Crippen molar-refractivity contribution < 1.29 is 27.8 Å². The molecule has 2 amide bonds. The number of ether oxygens (including phenoxy) is 2. The molecule has 3 aliphatic heterocycles. The van der Waals surface area contributed by atoms with Crippen LogP contribution in [0, 0.1) is 6.92 Å². The summed E-state index contributed by atoms with van der Waals surface area (Å²) in [6.45, 7) is 2.70. The number of carbonyl (C=O) groups is 2. The highest BCUT2D eigenvalue weighted by Gasteiger charge is 2.33. The third kappa shape index (κ3) is 5.67. The van der Waals surface area contributed by atoms with Crippen LogP contribution in [-0.4, -0.2) is 51.2 Å². The number of hydrogen-bond donors (Lipinski definition) is 1. The van der Waals surface area contributed by atoms with Crippen LogP contribution < -0.4 is 14.8 Å². The molecular weight excluding hydrogens is 544 g/mol. The maximum absolute atomic E-state index is 13.7. The van der Waals surface area contributed by atoms with E-state index in [0.717, 1.165) is 16.7 Å². The van der Waals surface area contributed by atoms with Crippen LogP contribution in [0.4, 0.5) is 8.78 Å². The molecule has 0 aliphatic carbocycles. The van der Waals surface area contributed by atoms with E-state index in [0.29, 0.717) is 61.0 Å². The minimum absolute atomic E-state index is 0.156. The van der Waals surface area contributed by atoms with Gasteiger partial charge in [-0.3, -0.25) is 19.3 Å². The molecule has 8 bridgehead atoms. The number of aromatic nitrogens is 3. The quantitative estimate of drug-likeness (QED) is 0.370. The number of hydrogen-bond acceptors (Lipinski definition) is 6. The number of aryl methyl sites for hydroxylation is 1. The van der Waals surface area contributed by atoms with Crippen LogP contribution in [0.25, 0.3) is 0 Å². The number of nitrogens with one attached hydrogen (secondary N) is 1. The van der Waals surface area contributed by atoms with Crippen molar-refractivity contribution in [3.63, 3.8) is 0 Å². The van der Waals surface area contributed by atoms with Gasteiger partial charge in [-0.25, -0.2) is 8.78 Å². The first-order valence-corrected chi connectivity index (χ1v) is 13.7. The second kappa shape index (κ2) is 11.6. The molecule has 3 aliphatic rings. The lowest BCUT2D eigenvalue weighted by molar-refractivity contribution is -0.134. The van der Waals surface area contributed by atoms with Crippen LogP contribution in [0.2, 0.25) is 0 Å². The van der Waals surface area contributed by atoms with Crippen molar-refractivity contribution >= 4 is 11.8 Å². The maximum Gasteiger partial charge on any atom is 0.282 e. The lowest BCUT2D eigenvalue weighted by Gasteiger charge is -2.38. The Hall–Kier alpha value is -4.80. The van der Waals surface area contributed by atoms with E-state index < -0.39 is 12.5 Å². The highest BCUT2D eigenvalue weighted by Crippen LogP contribution is 2.39. The summed E-state index contributed by atoms with van der Waals surface area (Å²) < 4.78 is 39.9. The molecule has 4 aromatic rings. The lowest BCUT2D eigenvalue weighted by Crippen LogP contribution is -2.42. The fourth-order valence-electron chi connectivity index (χ4n) is 5.39. The van der Waals surface area contributed by atoms with E-state index in [1.54, 1.807) is 24.1 Å². The fourth-order valence-corrected chi connectivity index (χ4v) is 5.39. The van der Waals surface area contributed by atoms with E-state index in [1.807, 2.05) is 42.5 Å². The summed E-state index contributed by atoms with van der Waals surface area (Å²) >= 11 is 0. The molecule has 1 N–H and O–H groups in total. The number of amides is 2. The van der Waals surface area contributed by atoms with Crippen LogP contribution in [0.15, 0.2) is 67.0 Å². The smallest absolute Gasteiger partial charge is 0.282 e. The van der Waals surface area contributed by atoms with Crippen molar-refractivity contribution in [1.29, 1.82) is 0 Å². The molecule has 0 saturated heterocycles. The molecule has 11 heteroatoms. The topological polar surface area (TPSA) is 98.6 Å². The first-order valence-electron chi connectivity index (χ1n) is 13.7. The Labute approximate surface area is 241 Å². The van der Waals surface area contributed by atoms with E-state index in [-0.39, 0.29) is 24.1 Å². The summed E-state index contributed by atoms with van der Waals surface area (Å²) in [7, 11) is 0. The van der Waals surface area contributed by atoms with Crippen LogP contribution in [0.1, 0.15) is 57.3 Å². The van der Waals surface area contributed by atoms with Crippen LogP contribution in [-0.2, 0) is 17.8 Å². The minimum Gasteiger partial charge on any atom is -0.494 e. The molecule has 0 fully saturated rings. The van der Waals surface area contributed by atoms with Gasteiger partial charge in [-0.1, -0.05) is 18.2 Å². The fraction of sp³-hybridized carbons (Fsp3) is 0.290. The van der Waals surface area contributed by atoms with Gasteiger partial charge < -0.3 is 19.7 Å². The number of nitrogens with zero attached hydrogens (tertiary/aromatic N) is 4. The largest absolute Gasteiger partial charge is 0.494 e. The predicted octanol–water partition coefficient (Wildman–Crippen LogP) is 5.00. The van der Waals surface area contributed by atoms with Gasteiger partial charge >= 0.3 is 0 Å². The number of benzene rings is 2. The molecule has 42 heavy (non-hydrogen) atoms. The van der Waals surface area contributed by atoms with E-state index in [9.17, 15) is 18.4 Å².